The van der Waals surface area contributed by atoms with Gasteiger partial charge in [0.1, 0.15) is 5.82 Å². The second kappa shape index (κ2) is 27.4. The van der Waals surface area contributed by atoms with Gasteiger partial charge in [0.2, 0.25) is 10.5 Å². The molecule has 0 atom stereocenters. The van der Waals surface area contributed by atoms with Crippen LogP contribution in [0.25, 0.3) is 0 Å². The van der Waals surface area contributed by atoms with Crippen molar-refractivity contribution in [2.75, 3.05) is 14.2 Å². The summed E-state index contributed by atoms with van der Waals surface area (Å²) in [6, 6.07) is 19.1. The molecule has 4 aromatic carbocycles. The van der Waals surface area contributed by atoms with Gasteiger partial charge >= 0.3 is 12.4 Å². The molecule has 0 radical (unpaired) electrons. The van der Waals surface area contributed by atoms with Gasteiger partial charge < -0.3 is 9.47 Å². The maximum absolute atomic E-state index is 12.3. The zero-order valence-electron chi connectivity index (χ0n) is 32.5. The lowest BCUT2D eigenvalue weighted by molar-refractivity contribution is -0.143. The van der Waals surface area contributed by atoms with Crippen molar-refractivity contribution in [2.45, 2.75) is 57.3 Å². The van der Waals surface area contributed by atoms with Gasteiger partial charge in [0.05, 0.1) is 37.0 Å². The van der Waals surface area contributed by atoms with Gasteiger partial charge in [-0.15, -0.1) is 0 Å². The maximum atomic E-state index is 12.3. The van der Waals surface area contributed by atoms with Crippen molar-refractivity contribution < 1.29 is 64.2 Å². The molecule has 4 aromatic rings. The Hall–Kier alpha value is -4.72. The van der Waals surface area contributed by atoms with E-state index >= 15 is 0 Å². The quantitative estimate of drug-likeness (QED) is 0.114. The van der Waals surface area contributed by atoms with Crippen LogP contribution in [0.3, 0.4) is 0 Å². The molecule has 0 bridgehead atoms. The first-order chi connectivity index (χ1) is 28.9. The van der Waals surface area contributed by atoms with Crippen LogP contribution in [0.5, 0.6) is 11.5 Å². The SMILES string of the molecule is COc1ccc(CC(=O)Cl)cc1OC.N#Cc1cccc(C(=O)Cl)c1.O=C(Cl)CCC1CCCC1.O=C(Cl)c1cc(C(F)(F)F)cc(C(F)(F)F)c1.O=C(Cl)c1cccc(F)c1. The van der Waals surface area contributed by atoms with Crippen molar-refractivity contribution in [1.82, 2.24) is 0 Å². The lowest BCUT2D eigenvalue weighted by Crippen LogP contribution is -2.12. The van der Waals surface area contributed by atoms with Crippen LogP contribution in [0.4, 0.5) is 30.7 Å². The molecular formula is C42H35Cl5F7NO7. The number of rotatable bonds is 10. The van der Waals surface area contributed by atoms with Crippen molar-refractivity contribution in [3.63, 3.8) is 0 Å². The molecule has 0 amide bonds. The van der Waals surface area contributed by atoms with E-state index in [0.29, 0.717) is 29.0 Å². The Kier molecular flexibility index (Phi) is 24.4. The van der Waals surface area contributed by atoms with Crippen molar-refractivity contribution >= 4 is 84.2 Å². The molecule has 1 fully saturated rings. The van der Waals surface area contributed by atoms with Gasteiger partial charge in [-0.25, -0.2) is 4.39 Å². The van der Waals surface area contributed by atoms with Crippen LogP contribution in [0.15, 0.2) is 84.9 Å². The summed E-state index contributed by atoms with van der Waals surface area (Å²) in [4.78, 5) is 52.6. The van der Waals surface area contributed by atoms with Gasteiger partial charge in [-0.3, -0.25) is 24.0 Å². The van der Waals surface area contributed by atoms with Crippen LogP contribution in [0, 0.1) is 23.1 Å². The standard InChI is InChI=1S/C10H11ClO3.C9H3ClF6O.C8H4ClNO.C8H13ClO.C7H4ClFO/c1-13-8-4-3-7(6-10(11)12)5-9(8)14-2;10-7(17)4-1-5(8(11,12)13)3-6(2-4)9(14,15)16;9-8(11)7-3-1-2-6(4-7)5-10;9-8(10)6-5-7-3-1-2-4-7;8-7(10)5-2-1-3-6(9)4-5/h3-5H,6H2,1-2H3;1-3H;1-4H;7H,1-6H2;1-4H. The average molecular weight is 976 g/mol. The monoisotopic (exact) mass is 973 g/mol. The highest BCUT2D eigenvalue weighted by atomic mass is 35.5. The highest BCUT2D eigenvalue weighted by molar-refractivity contribution is 6.68. The molecule has 1 aliphatic carbocycles. The second-order valence-corrected chi connectivity index (χ2v) is 14.5. The molecular weight excluding hydrogens is 941 g/mol. The summed E-state index contributed by atoms with van der Waals surface area (Å²) in [5.41, 5.74) is -2.21. The maximum Gasteiger partial charge on any atom is 0.416 e. The minimum atomic E-state index is -4.98. The fourth-order valence-electron chi connectivity index (χ4n) is 5.16. The number of carbonyl (C=O) groups excluding carboxylic acids is 5. The van der Waals surface area contributed by atoms with E-state index in [0.717, 1.165) is 24.0 Å². The van der Waals surface area contributed by atoms with E-state index in [1.54, 1.807) is 50.6 Å². The Morgan fingerprint density at radius 2 is 1.15 bits per heavy atom. The molecule has 0 unspecified atom stereocenters. The van der Waals surface area contributed by atoms with E-state index < -0.39 is 55.8 Å². The van der Waals surface area contributed by atoms with Crippen LogP contribution in [0.1, 0.15) is 91.9 Å². The van der Waals surface area contributed by atoms with Gasteiger partial charge in [0, 0.05) is 29.5 Å². The summed E-state index contributed by atoms with van der Waals surface area (Å²) in [6.45, 7) is 0. The first-order valence-electron chi connectivity index (χ1n) is 17.6. The topological polar surface area (TPSA) is 128 Å². The second-order valence-electron chi connectivity index (χ2n) is 12.6. The molecule has 8 nitrogen and oxygen atoms in total. The summed E-state index contributed by atoms with van der Waals surface area (Å²) >= 11 is 25.6. The predicted octanol–water partition coefficient (Wildman–Crippen LogP) is 13.0. The number of hydrogen-bond acceptors (Lipinski definition) is 8. The molecule has 0 saturated heterocycles. The normalized spacial score (nSPS) is 11.9. The van der Waals surface area contributed by atoms with E-state index in [4.69, 9.17) is 72.7 Å². The highest BCUT2D eigenvalue weighted by Gasteiger charge is 2.37. The molecule has 20 heteroatoms. The minimum absolute atomic E-state index is 0.0800. The van der Waals surface area contributed by atoms with E-state index in [-0.39, 0.29) is 35.4 Å². The molecule has 62 heavy (non-hydrogen) atoms. The lowest BCUT2D eigenvalue weighted by Gasteiger charge is -2.12. The molecule has 0 N–H and O–H groups in total. The number of carbonyl (C=O) groups is 5. The summed E-state index contributed by atoms with van der Waals surface area (Å²) in [5, 5.41) is 5.31. The van der Waals surface area contributed by atoms with Crippen molar-refractivity contribution in [3.8, 4) is 17.6 Å². The first kappa shape index (κ1) is 55.3. The van der Waals surface area contributed by atoms with Gasteiger partial charge in [-0.2, -0.15) is 31.6 Å². The van der Waals surface area contributed by atoms with E-state index in [1.807, 2.05) is 6.07 Å². The molecule has 1 saturated carbocycles. The summed E-state index contributed by atoms with van der Waals surface area (Å²) in [6.07, 6.45) is -2.86. The Balaban J connectivity index is 0.000000394. The number of nitriles is 1. The largest absolute Gasteiger partial charge is 0.493 e. The van der Waals surface area contributed by atoms with Crippen LogP contribution in [-0.2, 0) is 28.4 Å². The molecule has 0 aliphatic heterocycles. The Labute approximate surface area is 376 Å². The third kappa shape index (κ3) is 21.9. The minimum Gasteiger partial charge on any atom is -0.493 e. The van der Waals surface area contributed by atoms with Crippen LogP contribution in [0.2, 0.25) is 0 Å². The summed E-state index contributed by atoms with van der Waals surface area (Å²) in [7, 11) is 3.11. The Bertz CT molecular complexity index is 2160. The zero-order chi connectivity index (χ0) is 47.2. The van der Waals surface area contributed by atoms with E-state index in [9.17, 15) is 54.7 Å². The number of alkyl halides is 6. The molecule has 0 spiro atoms. The van der Waals surface area contributed by atoms with Crippen molar-refractivity contribution in [2.24, 2.45) is 5.92 Å². The Morgan fingerprint density at radius 1 is 0.645 bits per heavy atom. The van der Waals surface area contributed by atoms with Crippen molar-refractivity contribution in [1.29, 1.82) is 5.26 Å². The summed E-state index contributed by atoms with van der Waals surface area (Å²) < 4.78 is 96.1. The number of halogens is 12. The van der Waals surface area contributed by atoms with Crippen LogP contribution >= 0.6 is 58.0 Å². The van der Waals surface area contributed by atoms with Gasteiger partial charge in [0.15, 0.2) is 11.5 Å². The molecule has 334 valence electrons. The number of benzene rings is 4. The smallest absolute Gasteiger partial charge is 0.416 e. The van der Waals surface area contributed by atoms with Gasteiger partial charge in [-0.05, 0) is 137 Å². The molecule has 5 rings (SSSR count). The fourth-order valence-corrected chi connectivity index (χ4v) is 5.77. The molecule has 1 aliphatic rings. The zero-order valence-corrected chi connectivity index (χ0v) is 36.2. The number of nitrogens with zero attached hydrogens (tertiary/aromatic N) is 1. The van der Waals surface area contributed by atoms with Gasteiger partial charge in [-0.1, -0.05) is 49.9 Å². The summed E-state index contributed by atoms with van der Waals surface area (Å²) in [5.74, 6) is 1.58. The lowest BCUT2D eigenvalue weighted by atomic mass is 10.0. The number of hydrogen-bond donors (Lipinski definition) is 0. The third-order valence-electron chi connectivity index (χ3n) is 8.10. The van der Waals surface area contributed by atoms with Crippen molar-refractivity contribution in [3.05, 3.63) is 130 Å². The molecule has 0 heterocycles. The van der Waals surface area contributed by atoms with E-state index in [1.165, 1.54) is 49.9 Å². The van der Waals surface area contributed by atoms with E-state index in [2.05, 4.69) is 0 Å². The fraction of sp³-hybridized carbons (Fsp3) is 0.286. The highest BCUT2D eigenvalue weighted by Crippen LogP contribution is 2.36. The Morgan fingerprint density at radius 3 is 1.55 bits per heavy atom. The first-order valence-corrected chi connectivity index (χ1v) is 19.5. The average Bonchev–Trinajstić information content (AvgIpc) is 3.74. The van der Waals surface area contributed by atoms with Crippen LogP contribution in [-0.4, -0.2) is 40.4 Å². The third-order valence-corrected chi connectivity index (χ3v) is 9.08. The number of ether oxygens (including phenoxy) is 2. The van der Waals surface area contributed by atoms with Gasteiger partial charge in [0.25, 0.3) is 15.7 Å². The number of methoxy groups -OCH3 is 2. The molecule has 0 aromatic heterocycles. The van der Waals surface area contributed by atoms with Crippen LogP contribution < -0.4 is 9.47 Å². The predicted molar refractivity (Wildman–Crippen MR) is 221 cm³/mol.